The van der Waals surface area contributed by atoms with E-state index in [1.807, 2.05) is 0 Å². The molecule has 2 rings (SSSR count). The van der Waals surface area contributed by atoms with Crippen LogP contribution >= 0.6 is 22.7 Å². The maximum atomic E-state index is 11.6. The minimum Gasteiger partial charge on any atom is -0.478 e. The Hall–Kier alpha value is -1.66. The van der Waals surface area contributed by atoms with E-state index in [-0.39, 0.29) is 11.5 Å². The van der Waals surface area contributed by atoms with Crippen LogP contribution in [0.15, 0.2) is 22.9 Å². The quantitative estimate of drug-likeness (QED) is 0.898. The van der Waals surface area contributed by atoms with Crippen LogP contribution in [0.25, 0.3) is 9.75 Å². The highest BCUT2D eigenvalue weighted by atomic mass is 32.1. The zero-order valence-corrected chi connectivity index (χ0v) is 10.5. The third-order valence-corrected chi connectivity index (χ3v) is 4.23. The molecule has 0 fully saturated rings. The van der Waals surface area contributed by atoms with E-state index >= 15 is 0 Å². The first-order valence-electron chi connectivity index (χ1n) is 4.76. The Morgan fingerprint density at radius 2 is 1.65 bits per heavy atom. The second-order valence-corrected chi connectivity index (χ2v) is 5.04. The molecule has 2 aromatic heterocycles. The van der Waals surface area contributed by atoms with Crippen molar-refractivity contribution < 1.29 is 14.7 Å². The lowest BCUT2D eigenvalue weighted by Crippen LogP contribution is -2.17. The molecule has 0 aliphatic carbocycles. The Kier molecular flexibility index (Phi) is 3.26. The smallest absolute Gasteiger partial charge is 0.337 e. The van der Waals surface area contributed by atoms with E-state index in [1.165, 1.54) is 22.7 Å². The van der Waals surface area contributed by atoms with Crippen molar-refractivity contribution in [1.82, 2.24) is 5.32 Å². The lowest BCUT2D eigenvalue weighted by atomic mass is 10.1. The average molecular weight is 267 g/mol. The maximum absolute atomic E-state index is 11.6. The summed E-state index contributed by atoms with van der Waals surface area (Å²) in [6.07, 6.45) is 0. The Bertz CT molecular complexity index is 571. The number of hydrogen-bond acceptors (Lipinski definition) is 4. The van der Waals surface area contributed by atoms with E-state index in [9.17, 15) is 9.59 Å². The lowest BCUT2D eigenvalue weighted by Gasteiger charge is -2.01. The van der Waals surface area contributed by atoms with Crippen LogP contribution in [0.2, 0.25) is 0 Å². The van der Waals surface area contributed by atoms with E-state index in [1.54, 1.807) is 29.9 Å². The van der Waals surface area contributed by atoms with Crippen molar-refractivity contribution >= 4 is 34.6 Å². The van der Waals surface area contributed by atoms with E-state index in [4.69, 9.17) is 5.11 Å². The summed E-state index contributed by atoms with van der Waals surface area (Å²) in [5.74, 6) is -1.18. The highest BCUT2D eigenvalue weighted by Gasteiger charge is 2.19. The van der Waals surface area contributed by atoms with E-state index in [2.05, 4.69) is 5.32 Å². The van der Waals surface area contributed by atoms with Crippen molar-refractivity contribution in [3.8, 4) is 9.75 Å². The van der Waals surface area contributed by atoms with Gasteiger partial charge in [-0.3, -0.25) is 4.79 Å². The molecule has 1 amide bonds. The third kappa shape index (κ3) is 2.09. The fraction of sp³-hybridized carbons (Fsp3) is 0.0909. The largest absolute Gasteiger partial charge is 0.478 e. The predicted molar refractivity (Wildman–Crippen MR) is 68.0 cm³/mol. The first-order valence-corrected chi connectivity index (χ1v) is 6.51. The second kappa shape index (κ2) is 4.68. The van der Waals surface area contributed by atoms with Crippen molar-refractivity contribution in [2.24, 2.45) is 0 Å². The number of carboxylic acids is 1. The molecule has 0 spiro atoms. The Morgan fingerprint density at radius 1 is 1.12 bits per heavy atom. The maximum Gasteiger partial charge on any atom is 0.337 e. The van der Waals surface area contributed by atoms with Crippen molar-refractivity contribution in [3.63, 3.8) is 0 Å². The number of carboxylic acid groups (broad SMARTS) is 1. The van der Waals surface area contributed by atoms with Crippen molar-refractivity contribution in [2.75, 3.05) is 7.05 Å². The molecule has 6 heteroatoms. The zero-order valence-electron chi connectivity index (χ0n) is 8.89. The summed E-state index contributed by atoms with van der Waals surface area (Å²) in [5.41, 5.74) is 0.755. The molecule has 0 aliphatic heterocycles. The van der Waals surface area contributed by atoms with Crippen molar-refractivity contribution in [3.05, 3.63) is 34.0 Å². The molecule has 4 nitrogen and oxygen atoms in total. The summed E-state index contributed by atoms with van der Waals surface area (Å²) in [7, 11) is 1.55. The van der Waals surface area contributed by atoms with Gasteiger partial charge in [-0.2, -0.15) is 0 Å². The van der Waals surface area contributed by atoms with E-state index in [0.717, 1.165) is 0 Å². The predicted octanol–water partition coefficient (Wildman–Crippen LogP) is 2.53. The second-order valence-electron chi connectivity index (χ2n) is 3.21. The number of rotatable bonds is 3. The van der Waals surface area contributed by atoms with Gasteiger partial charge in [-0.15, -0.1) is 22.7 Å². The highest BCUT2D eigenvalue weighted by molar-refractivity contribution is 7.21. The third-order valence-electron chi connectivity index (χ3n) is 2.24. The number of hydrogen-bond donors (Lipinski definition) is 2. The topological polar surface area (TPSA) is 66.4 Å². The van der Waals surface area contributed by atoms with Crippen molar-refractivity contribution in [2.45, 2.75) is 0 Å². The first kappa shape index (κ1) is 11.8. The van der Waals surface area contributed by atoms with Crippen LogP contribution in [0.5, 0.6) is 0 Å². The molecule has 0 saturated carbocycles. The summed E-state index contributed by atoms with van der Waals surface area (Å²) in [6.45, 7) is 0. The first-order chi connectivity index (χ1) is 8.15. The number of thiophene rings is 2. The Labute approximate surface area is 106 Å². The molecule has 0 unspecified atom stereocenters. The van der Waals surface area contributed by atoms with Gasteiger partial charge in [0.2, 0.25) is 0 Å². The number of nitrogens with one attached hydrogen (secondary N) is 1. The van der Waals surface area contributed by atoms with Gasteiger partial charge < -0.3 is 10.4 Å². The van der Waals surface area contributed by atoms with Crippen LogP contribution in [0, 0.1) is 0 Å². The van der Waals surface area contributed by atoms with Crippen LogP contribution in [0.3, 0.4) is 0 Å². The fourth-order valence-electron chi connectivity index (χ4n) is 1.45. The minimum atomic E-state index is -0.975. The summed E-state index contributed by atoms with van der Waals surface area (Å²) >= 11 is 2.70. The standard InChI is InChI=1S/C11H9NO3S2/c1-12-10(13)6-2-4-16-8(6)9-7(11(14)15)3-5-17-9/h2-5H,1H3,(H,12,13)(H,14,15). The highest BCUT2D eigenvalue weighted by Crippen LogP contribution is 2.36. The van der Waals surface area contributed by atoms with Crippen LogP contribution < -0.4 is 5.32 Å². The van der Waals surface area contributed by atoms with Crippen LogP contribution in [0.1, 0.15) is 20.7 Å². The molecule has 0 aliphatic rings. The molecule has 0 saturated heterocycles. The van der Waals surface area contributed by atoms with Gasteiger partial charge in [0.25, 0.3) is 5.91 Å². The van der Waals surface area contributed by atoms with Gasteiger partial charge in [-0.1, -0.05) is 0 Å². The van der Waals surface area contributed by atoms with Gasteiger partial charge in [0.05, 0.1) is 20.9 Å². The molecule has 0 aromatic carbocycles. The lowest BCUT2D eigenvalue weighted by molar-refractivity contribution is 0.0698. The Balaban J connectivity index is 2.54. The molecule has 0 atom stereocenters. The minimum absolute atomic E-state index is 0.203. The van der Waals surface area contributed by atoms with Crippen LogP contribution in [0.4, 0.5) is 0 Å². The molecule has 17 heavy (non-hydrogen) atoms. The SMILES string of the molecule is CNC(=O)c1ccsc1-c1sccc1C(=O)O. The molecule has 0 bridgehead atoms. The molecular formula is C11H9NO3S2. The Morgan fingerprint density at radius 3 is 2.18 bits per heavy atom. The summed E-state index contributed by atoms with van der Waals surface area (Å²) in [5, 5.41) is 15.1. The van der Waals surface area contributed by atoms with Gasteiger partial charge >= 0.3 is 5.97 Å². The van der Waals surface area contributed by atoms with Gasteiger partial charge in [0, 0.05) is 7.05 Å². The van der Waals surface area contributed by atoms with Gasteiger partial charge in [0.1, 0.15) is 0 Å². The molecule has 2 heterocycles. The van der Waals surface area contributed by atoms with Gasteiger partial charge in [-0.05, 0) is 22.9 Å². The normalized spacial score (nSPS) is 10.2. The number of carbonyl (C=O) groups excluding carboxylic acids is 1. The fourth-order valence-corrected chi connectivity index (χ4v) is 3.43. The summed E-state index contributed by atoms with van der Waals surface area (Å²) in [4.78, 5) is 24.0. The summed E-state index contributed by atoms with van der Waals surface area (Å²) < 4.78 is 0. The van der Waals surface area contributed by atoms with E-state index in [0.29, 0.717) is 15.3 Å². The molecule has 2 N–H and O–H groups in total. The van der Waals surface area contributed by atoms with E-state index < -0.39 is 5.97 Å². The van der Waals surface area contributed by atoms with Gasteiger partial charge in [-0.25, -0.2) is 4.79 Å². The monoisotopic (exact) mass is 267 g/mol. The van der Waals surface area contributed by atoms with Crippen LogP contribution in [-0.2, 0) is 0 Å². The molecular weight excluding hydrogens is 258 g/mol. The molecule has 88 valence electrons. The van der Waals surface area contributed by atoms with Gasteiger partial charge in [0.15, 0.2) is 0 Å². The molecule has 0 radical (unpaired) electrons. The number of amides is 1. The average Bonchev–Trinajstić information content (AvgIpc) is 2.95. The summed E-state index contributed by atoms with van der Waals surface area (Å²) in [6, 6.07) is 3.25. The van der Waals surface area contributed by atoms with Crippen LogP contribution in [-0.4, -0.2) is 24.0 Å². The number of aromatic carboxylic acids is 1. The number of carbonyl (C=O) groups is 2. The van der Waals surface area contributed by atoms with Crippen molar-refractivity contribution in [1.29, 1.82) is 0 Å². The molecule has 2 aromatic rings. The zero-order chi connectivity index (χ0) is 12.4.